The van der Waals surface area contributed by atoms with E-state index in [4.69, 9.17) is 4.74 Å². The van der Waals surface area contributed by atoms with Gasteiger partial charge in [-0.15, -0.1) is 11.3 Å². The van der Waals surface area contributed by atoms with Crippen molar-refractivity contribution >= 4 is 29.1 Å². The standard InChI is InChI=1S/C45H71N3O6S/c1-28(2)37-31(49)22-45(34(50)25-48(21-20-47(10)11)24-29-26-55-27-46-29)19-18-43(8)30(38(37)45)12-13-33-42(7)16-15-35(54-36(51)23-40(3,4)39(52)53)41(5,6)32(42)14-17-44(33,43)9/h26-28,30,32-35,50H,12-25H2,1-11H3,(H,52,53)/t30-,32-,33-,34+,35+,42+,43-,44-,45+/m1/s1. The topological polar surface area (TPSA) is 120 Å². The number of carbonyl (C=O) groups is 3. The van der Waals surface area contributed by atoms with Crippen LogP contribution in [-0.2, 0) is 25.7 Å². The molecule has 0 aliphatic heterocycles. The molecule has 0 unspecified atom stereocenters. The Kier molecular flexibility index (Phi) is 11.5. The molecule has 4 saturated carbocycles. The number of ketones is 1. The summed E-state index contributed by atoms with van der Waals surface area (Å²) in [6.45, 7) is 22.6. The highest BCUT2D eigenvalue weighted by Gasteiger charge is 2.71. The fourth-order valence-electron chi connectivity index (χ4n) is 13.5. The smallest absolute Gasteiger partial charge is 0.309 e. The monoisotopic (exact) mass is 782 g/mol. The first-order valence-corrected chi connectivity index (χ1v) is 22.1. The van der Waals surface area contributed by atoms with E-state index in [-0.39, 0.29) is 51.8 Å². The molecule has 6 rings (SSSR count). The number of nitrogens with zero attached hydrogens (tertiary/aromatic N) is 3. The van der Waals surface area contributed by atoms with E-state index in [1.54, 1.807) is 25.2 Å². The predicted molar refractivity (Wildman–Crippen MR) is 217 cm³/mol. The number of Topliss-reactive ketones (excluding diaryl/α,β-unsaturated/α-hetero) is 1. The normalized spacial score (nSPS) is 36.4. The fraction of sp³-hybridized carbons (Fsp3) is 0.822. The van der Waals surface area contributed by atoms with Crippen molar-refractivity contribution in [1.29, 1.82) is 0 Å². The van der Waals surface area contributed by atoms with Gasteiger partial charge in [0, 0.05) is 48.8 Å². The molecule has 0 bridgehead atoms. The maximum atomic E-state index is 14.3. The minimum Gasteiger partial charge on any atom is -0.481 e. The quantitative estimate of drug-likeness (QED) is 0.191. The van der Waals surface area contributed by atoms with Gasteiger partial charge in [0.1, 0.15) is 6.10 Å². The minimum atomic E-state index is -1.17. The van der Waals surface area contributed by atoms with Crippen LogP contribution in [0, 0.1) is 56.2 Å². The fourth-order valence-corrected chi connectivity index (χ4v) is 14.0. The Bertz CT molecular complexity index is 1650. The molecule has 0 saturated heterocycles. The zero-order chi connectivity index (χ0) is 40.5. The second-order valence-electron chi connectivity index (χ2n) is 21.1. The maximum Gasteiger partial charge on any atom is 0.309 e. The van der Waals surface area contributed by atoms with E-state index in [1.807, 2.05) is 5.51 Å². The summed E-state index contributed by atoms with van der Waals surface area (Å²) in [6, 6.07) is 0. The number of rotatable bonds is 13. The Morgan fingerprint density at radius 1 is 0.982 bits per heavy atom. The SMILES string of the molecule is CC(C)C1=C2[C@H]3CC[C@@H]4[C@@]5(C)CC[C@H](OC(=O)CC(C)(C)C(=O)O)C(C)(C)[C@H]5CC[C@@]4(C)[C@]3(C)CC[C@@]2([C@@H](O)CN(CCN(C)C)Cc2cscn2)CC1=O. The van der Waals surface area contributed by atoms with E-state index < -0.39 is 28.9 Å². The first kappa shape index (κ1) is 42.5. The number of hydrogen-bond donors (Lipinski definition) is 2. The molecule has 308 valence electrons. The molecular formula is C45H71N3O6S. The van der Waals surface area contributed by atoms with E-state index in [2.05, 4.69) is 82.7 Å². The second-order valence-corrected chi connectivity index (χ2v) is 21.8. The van der Waals surface area contributed by atoms with Crippen LogP contribution in [0.1, 0.15) is 132 Å². The van der Waals surface area contributed by atoms with E-state index in [0.717, 1.165) is 75.7 Å². The van der Waals surface area contributed by atoms with Crippen molar-refractivity contribution in [3.8, 4) is 0 Å². The van der Waals surface area contributed by atoms with E-state index in [0.29, 0.717) is 31.3 Å². The number of carboxylic acids is 1. The van der Waals surface area contributed by atoms with Gasteiger partial charge in [0.15, 0.2) is 5.78 Å². The largest absolute Gasteiger partial charge is 0.481 e. The lowest BCUT2D eigenvalue weighted by molar-refractivity contribution is -0.235. The number of ether oxygens (including phenoxy) is 1. The first-order chi connectivity index (χ1) is 25.5. The summed E-state index contributed by atoms with van der Waals surface area (Å²) >= 11 is 1.60. The van der Waals surface area contributed by atoms with Gasteiger partial charge in [-0.25, -0.2) is 4.98 Å². The number of carbonyl (C=O) groups excluding carboxylic acids is 2. The van der Waals surface area contributed by atoms with Crippen LogP contribution in [0.25, 0.3) is 0 Å². The van der Waals surface area contributed by atoms with Crippen molar-refractivity contribution in [2.24, 2.45) is 56.2 Å². The third kappa shape index (κ3) is 7.09. The van der Waals surface area contributed by atoms with Crippen molar-refractivity contribution in [2.75, 3.05) is 33.7 Å². The van der Waals surface area contributed by atoms with Crippen LogP contribution in [0.15, 0.2) is 22.0 Å². The molecule has 5 aliphatic rings. The van der Waals surface area contributed by atoms with Gasteiger partial charge in [0.2, 0.25) is 0 Å². The molecule has 9 nitrogen and oxygen atoms in total. The molecule has 9 atom stereocenters. The van der Waals surface area contributed by atoms with Gasteiger partial charge in [0.05, 0.1) is 29.1 Å². The zero-order valence-corrected chi connectivity index (χ0v) is 36.6. The molecule has 55 heavy (non-hydrogen) atoms. The average molecular weight is 782 g/mol. The van der Waals surface area contributed by atoms with Crippen molar-refractivity contribution in [1.82, 2.24) is 14.8 Å². The Morgan fingerprint density at radius 2 is 1.69 bits per heavy atom. The molecule has 0 spiro atoms. The molecule has 4 fully saturated rings. The second kappa shape index (κ2) is 14.9. The molecule has 0 aromatic carbocycles. The van der Waals surface area contributed by atoms with Gasteiger partial charge < -0.3 is 19.8 Å². The van der Waals surface area contributed by atoms with Crippen LogP contribution < -0.4 is 0 Å². The van der Waals surface area contributed by atoms with Crippen molar-refractivity contribution < 1.29 is 29.3 Å². The number of fused-ring (bicyclic) bond motifs is 7. The van der Waals surface area contributed by atoms with Crippen LogP contribution in [0.4, 0.5) is 0 Å². The molecule has 0 amide bonds. The van der Waals surface area contributed by atoms with Gasteiger partial charge in [-0.1, -0.05) is 54.0 Å². The summed E-state index contributed by atoms with van der Waals surface area (Å²) in [5.74, 6) is 0.0503. The van der Waals surface area contributed by atoms with Gasteiger partial charge in [-0.2, -0.15) is 0 Å². The molecule has 0 radical (unpaired) electrons. The number of carboxylic acid groups (broad SMARTS) is 1. The highest BCUT2D eigenvalue weighted by atomic mass is 32.1. The molecule has 1 heterocycles. The number of allylic oxidation sites excluding steroid dienone is 1. The summed E-state index contributed by atoms with van der Waals surface area (Å²) in [4.78, 5) is 48.3. The van der Waals surface area contributed by atoms with Crippen LogP contribution in [0.5, 0.6) is 0 Å². The number of thiazole rings is 1. The van der Waals surface area contributed by atoms with Crippen LogP contribution in [-0.4, -0.2) is 88.7 Å². The number of likely N-dealkylation sites (N-methyl/N-ethyl adjacent to an activating group) is 1. The molecule has 5 aliphatic carbocycles. The Hall–Kier alpha value is -2.14. The van der Waals surface area contributed by atoms with E-state index in [9.17, 15) is 24.6 Å². The Labute approximate surface area is 335 Å². The average Bonchev–Trinajstić information content (AvgIpc) is 3.70. The Morgan fingerprint density at radius 3 is 2.31 bits per heavy atom. The van der Waals surface area contributed by atoms with E-state index in [1.165, 1.54) is 5.57 Å². The number of aliphatic hydroxyl groups excluding tert-OH is 1. The molecule has 10 heteroatoms. The lowest BCUT2D eigenvalue weighted by Crippen LogP contribution is -2.66. The van der Waals surface area contributed by atoms with Crippen LogP contribution in [0.2, 0.25) is 0 Å². The number of aromatic nitrogens is 1. The lowest BCUT2D eigenvalue weighted by Gasteiger charge is -2.72. The molecule has 2 N–H and O–H groups in total. The number of aliphatic hydroxyl groups is 1. The van der Waals surface area contributed by atoms with Gasteiger partial charge in [-0.3, -0.25) is 19.3 Å². The summed E-state index contributed by atoms with van der Waals surface area (Å²) in [5.41, 5.74) is 3.35. The van der Waals surface area contributed by atoms with Crippen molar-refractivity contribution in [2.45, 2.75) is 145 Å². The van der Waals surface area contributed by atoms with Crippen molar-refractivity contribution in [3.05, 3.63) is 27.7 Å². The summed E-state index contributed by atoms with van der Waals surface area (Å²) in [5, 5.41) is 24.3. The summed E-state index contributed by atoms with van der Waals surface area (Å²) < 4.78 is 6.19. The van der Waals surface area contributed by atoms with Gasteiger partial charge in [0.25, 0.3) is 0 Å². The summed E-state index contributed by atoms with van der Waals surface area (Å²) in [6.07, 6.45) is 7.22. The number of esters is 1. The first-order valence-electron chi connectivity index (χ1n) is 21.2. The number of aliphatic carboxylic acids is 1. The highest BCUT2D eigenvalue weighted by molar-refractivity contribution is 7.07. The zero-order valence-electron chi connectivity index (χ0n) is 35.8. The highest BCUT2D eigenvalue weighted by Crippen LogP contribution is 2.77. The third-order valence-electron chi connectivity index (χ3n) is 16.7. The van der Waals surface area contributed by atoms with E-state index >= 15 is 0 Å². The molecule has 1 aromatic rings. The Balaban J connectivity index is 1.28. The van der Waals surface area contributed by atoms with Gasteiger partial charge in [-0.05, 0) is 125 Å². The van der Waals surface area contributed by atoms with Crippen molar-refractivity contribution in [3.63, 3.8) is 0 Å². The third-order valence-corrected chi connectivity index (χ3v) is 17.3. The molecule has 1 aromatic heterocycles. The maximum absolute atomic E-state index is 14.3. The molecular weight excluding hydrogens is 711 g/mol. The predicted octanol–water partition coefficient (Wildman–Crippen LogP) is 8.26. The van der Waals surface area contributed by atoms with Gasteiger partial charge >= 0.3 is 11.9 Å². The summed E-state index contributed by atoms with van der Waals surface area (Å²) in [7, 11) is 4.17. The lowest BCUT2D eigenvalue weighted by atomic mass is 9.33. The van der Waals surface area contributed by atoms with Crippen LogP contribution in [0.3, 0.4) is 0 Å². The van der Waals surface area contributed by atoms with Crippen LogP contribution >= 0.6 is 11.3 Å². The minimum absolute atomic E-state index is 0.0196. The number of hydrogen-bond acceptors (Lipinski definition) is 9.